The van der Waals surface area contributed by atoms with Gasteiger partial charge in [0.2, 0.25) is 0 Å². The van der Waals surface area contributed by atoms with Gasteiger partial charge in [0.15, 0.2) is 0 Å². The Kier molecular flexibility index (Phi) is 7.16. The molecule has 0 atom stereocenters. The first kappa shape index (κ1) is 15.7. The number of carbonyl (C=O) groups is 1. The second-order valence-corrected chi connectivity index (χ2v) is 4.74. The second-order valence-electron chi connectivity index (χ2n) is 4.74. The summed E-state index contributed by atoms with van der Waals surface area (Å²) in [5, 5.41) is 0. The number of Topliss-reactive ketones (excluding diaryl/α,β-unsaturated/α-hetero) is 1. The lowest BCUT2D eigenvalue weighted by Crippen LogP contribution is -2.02. The topological polar surface area (TPSA) is 26.3 Å². The van der Waals surface area contributed by atoms with E-state index >= 15 is 0 Å². The minimum Gasteiger partial charge on any atom is -0.493 e. The van der Waals surface area contributed by atoms with Gasteiger partial charge in [-0.1, -0.05) is 13.8 Å². The van der Waals surface area contributed by atoms with Crippen LogP contribution >= 0.6 is 0 Å². The zero-order valence-corrected chi connectivity index (χ0v) is 11.9. The Labute approximate surface area is 115 Å². The van der Waals surface area contributed by atoms with E-state index < -0.39 is 0 Å². The molecule has 1 aromatic rings. The van der Waals surface area contributed by atoms with E-state index in [9.17, 15) is 9.18 Å². The summed E-state index contributed by atoms with van der Waals surface area (Å²) in [6, 6.07) is 4.60. The maximum absolute atomic E-state index is 13.3. The van der Waals surface area contributed by atoms with Crippen LogP contribution in [0.25, 0.3) is 0 Å². The fourth-order valence-corrected chi connectivity index (χ4v) is 1.98. The Morgan fingerprint density at radius 1 is 1.21 bits per heavy atom. The van der Waals surface area contributed by atoms with Gasteiger partial charge in [0.25, 0.3) is 0 Å². The largest absolute Gasteiger partial charge is 0.493 e. The molecule has 0 amide bonds. The fourth-order valence-electron chi connectivity index (χ4n) is 1.98. The van der Waals surface area contributed by atoms with E-state index in [4.69, 9.17) is 4.74 Å². The summed E-state index contributed by atoms with van der Waals surface area (Å²) >= 11 is 0. The second kappa shape index (κ2) is 8.68. The molecule has 0 aromatic heterocycles. The van der Waals surface area contributed by atoms with Crippen molar-refractivity contribution in [3.8, 4) is 5.75 Å². The van der Waals surface area contributed by atoms with Crippen molar-refractivity contribution in [1.29, 1.82) is 0 Å². The van der Waals surface area contributed by atoms with Gasteiger partial charge in [-0.2, -0.15) is 0 Å². The minimum absolute atomic E-state index is 0.251. The molecule has 0 saturated carbocycles. The Bertz CT molecular complexity index is 402. The first-order valence-electron chi connectivity index (χ1n) is 7.10. The number of carbonyl (C=O) groups excluding carboxylic acids is 1. The SMILES string of the molecule is CCCOc1ccc(F)cc1CCCC(=O)CCC. The van der Waals surface area contributed by atoms with Crippen molar-refractivity contribution in [2.45, 2.75) is 52.4 Å². The molecule has 106 valence electrons. The van der Waals surface area contributed by atoms with Crippen LogP contribution in [-0.2, 0) is 11.2 Å². The first-order valence-corrected chi connectivity index (χ1v) is 7.10. The van der Waals surface area contributed by atoms with E-state index in [1.807, 2.05) is 13.8 Å². The Morgan fingerprint density at radius 2 is 2.00 bits per heavy atom. The van der Waals surface area contributed by atoms with Gasteiger partial charge in [-0.25, -0.2) is 4.39 Å². The highest BCUT2D eigenvalue weighted by molar-refractivity contribution is 5.78. The third kappa shape index (κ3) is 5.86. The summed E-state index contributed by atoms with van der Waals surface area (Å²) in [7, 11) is 0. The number of ether oxygens (including phenoxy) is 1. The van der Waals surface area contributed by atoms with Gasteiger partial charge < -0.3 is 4.74 Å². The van der Waals surface area contributed by atoms with Gasteiger partial charge in [-0.15, -0.1) is 0 Å². The Hall–Kier alpha value is -1.38. The summed E-state index contributed by atoms with van der Waals surface area (Å²) < 4.78 is 18.8. The predicted octanol–water partition coefficient (Wildman–Crippen LogP) is 4.31. The molecule has 0 spiro atoms. The van der Waals surface area contributed by atoms with Gasteiger partial charge in [-0.05, 0) is 49.4 Å². The molecule has 0 fully saturated rings. The summed E-state index contributed by atoms with van der Waals surface area (Å²) in [4.78, 5) is 11.5. The first-order chi connectivity index (χ1) is 9.17. The highest BCUT2D eigenvalue weighted by Crippen LogP contribution is 2.22. The van der Waals surface area contributed by atoms with Crippen molar-refractivity contribution in [2.24, 2.45) is 0 Å². The third-order valence-corrected chi connectivity index (χ3v) is 2.91. The lowest BCUT2D eigenvalue weighted by molar-refractivity contribution is -0.119. The molecular weight excluding hydrogens is 243 g/mol. The highest BCUT2D eigenvalue weighted by atomic mass is 19.1. The third-order valence-electron chi connectivity index (χ3n) is 2.91. The van der Waals surface area contributed by atoms with Gasteiger partial charge in [0.05, 0.1) is 6.61 Å². The monoisotopic (exact) mass is 266 g/mol. The summed E-state index contributed by atoms with van der Waals surface area (Å²) in [5.41, 5.74) is 0.859. The molecule has 0 aliphatic carbocycles. The molecule has 1 aromatic carbocycles. The van der Waals surface area contributed by atoms with Crippen molar-refractivity contribution in [3.05, 3.63) is 29.6 Å². The zero-order chi connectivity index (χ0) is 14.1. The lowest BCUT2D eigenvalue weighted by Gasteiger charge is -2.11. The number of rotatable bonds is 9. The van der Waals surface area contributed by atoms with Crippen LogP contribution in [0.3, 0.4) is 0 Å². The van der Waals surface area contributed by atoms with Crippen LogP contribution in [0.2, 0.25) is 0 Å². The number of hydrogen-bond donors (Lipinski definition) is 0. The maximum Gasteiger partial charge on any atom is 0.132 e. The van der Waals surface area contributed by atoms with Crippen LogP contribution in [0, 0.1) is 5.82 Å². The van der Waals surface area contributed by atoms with E-state index in [-0.39, 0.29) is 11.6 Å². The molecule has 0 N–H and O–H groups in total. The van der Waals surface area contributed by atoms with Gasteiger partial charge >= 0.3 is 0 Å². The van der Waals surface area contributed by atoms with Gasteiger partial charge in [0.1, 0.15) is 17.3 Å². The van der Waals surface area contributed by atoms with Crippen molar-refractivity contribution >= 4 is 5.78 Å². The lowest BCUT2D eigenvalue weighted by atomic mass is 10.0. The molecule has 0 aliphatic rings. The molecule has 1 rings (SSSR count). The molecule has 0 aliphatic heterocycles. The summed E-state index contributed by atoms with van der Waals surface area (Å²) in [6.45, 7) is 4.67. The molecule has 0 bridgehead atoms. The van der Waals surface area contributed by atoms with Crippen molar-refractivity contribution in [3.63, 3.8) is 0 Å². The molecule has 0 heterocycles. The molecule has 19 heavy (non-hydrogen) atoms. The number of hydrogen-bond acceptors (Lipinski definition) is 2. The van der Waals surface area contributed by atoms with E-state index in [1.165, 1.54) is 12.1 Å². The van der Waals surface area contributed by atoms with Crippen LogP contribution < -0.4 is 4.74 Å². The maximum atomic E-state index is 13.3. The van der Waals surface area contributed by atoms with Crippen molar-refractivity contribution < 1.29 is 13.9 Å². The average molecular weight is 266 g/mol. The minimum atomic E-state index is -0.251. The van der Waals surface area contributed by atoms with Crippen LogP contribution in [0.15, 0.2) is 18.2 Å². The fraction of sp³-hybridized carbons (Fsp3) is 0.562. The van der Waals surface area contributed by atoms with Crippen LogP contribution in [0.5, 0.6) is 5.75 Å². The molecular formula is C16H23FO2. The van der Waals surface area contributed by atoms with Gasteiger partial charge in [-0.3, -0.25) is 4.79 Å². The zero-order valence-electron chi connectivity index (χ0n) is 11.9. The Balaban J connectivity index is 2.55. The number of benzene rings is 1. The van der Waals surface area contributed by atoms with E-state index in [2.05, 4.69) is 0 Å². The normalized spacial score (nSPS) is 10.5. The molecule has 0 unspecified atom stereocenters. The molecule has 0 radical (unpaired) electrons. The summed E-state index contributed by atoms with van der Waals surface area (Å²) in [6.07, 6.45) is 4.46. The van der Waals surface area contributed by atoms with Crippen LogP contribution in [0.4, 0.5) is 4.39 Å². The highest BCUT2D eigenvalue weighted by Gasteiger charge is 2.07. The van der Waals surface area contributed by atoms with Crippen molar-refractivity contribution in [2.75, 3.05) is 6.61 Å². The number of aryl methyl sites for hydroxylation is 1. The summed E-state index contributed by atoms with van der Waals surface area (Å²) in [5.74, 6) is 0.778. The quantitative estimate of drug-likeness (QED) is 0.666. The van der Waals surface area contributed by atoms with E-state index in [0.717, 1.165) is 30.6 Å². The average Bonchev–Trinajstić information content (AvgIpc) is 2.38. The predicted molar refractivity (Wildman–Crippen MR) is 75.0 cm³/mol. The Morgan fingerprint density at radius 3 is 2.68 bits per heavy atom. The molecule has 0 saturated heterocycles. The van der Waals surface area contributed by atoms with Crippen LogP contribution in [0.1, 0.15) is 51.5 Å². The van der Waals surface area contributed by atoms with Crippen molar-refractivity contribution in [1.82, 2.24) is 0 Å². The molecule has 2 nitrogen and oxygen atoms in total. The number of halogens is 1. The number of ketones is 1. The molecule has 3 heteroatoms. The van der Waals surface area contributed by atoms with E-state index in [0.29, 0.717) is 25.9 Å². The van der Waals surface area contributed by atoms with Crippen LogP contribution in [-0.4, -0.2) is 12.4 Å². The van der Waals surface area contributed by atoms with E-state index in [1.54, 1.807) is 6.07 Å². The van der Waals surface area contributed by atoms with Gasteiger partial charge in [0, 0.05) is 12.8 Å². The smallest absolute Gasteiger partial charge is 0.132 e. The standard InChI is InChI=1S/C16H23FO2/c1-3-6-15(18)8-5-7-13-12-14(17)9-10-16(13)19-11-4-2/h9-10,12H,3-8,11H2,1-2H3.